The fraction of sp³-hybridized carbons (Fsp3) is 0.250. The van der Waals surface area contributed by atoms with Gasteiger partial charge in [0, 0.05) is 6.42 Å². The van der Waals surface area contributed by atoms with Gasteiger partial charge in [0.2, 0.25) is 0 Å². The normalized spacial score (nSPS) is 11.6. The molecule has 3 rings (SSSR count). The van der Waals surface area contributed by atoms with Crippen molar-refractivity contribution in [1.29, 1.82) is 0 Å². The van der Waals surface area contributed by atoms with Gasteiger partial charge in [0.25, 0.3) is 0 Å². The molecule has 0 aliphatic heterocycles. The van der Waals surface area contributed by atoms with Gasteiger partial charge < -0.3 is 4.74 Å². The molecule has 0 N–H and O–H groups in total. The molecule has 0 fully saturated rings. The number of hydrogen-bond donors (Lipinski definition) is 0. The van der Waals surface area contributed by atoms with Crippen molar-refractivity contribution in [2.75, 3.05) is 7.11 Å². The number of aromatic nitrogens is 5. The first-order chi connectivity index (χ1) is 12.4. The Labute approximate surface area is 145 Å². The third kappa shape index (κ3) is 3.95. The monoisotopic (exact) mass is 367 g/mol. The predicted molar refractivity (Wildman–Crippen MR) is 83.3 cm³/mol. The summed E-state index contributed by atoms with van der Waals surface area (Å²) < 4.78 is 58.1. The van der Waals surface area contributed by atoms with Crippen LogP contribution >= 0.6 is 0 Å². The Kier molecular flexibility index (Phi) is 4.83. The molecule has 26 heavy (non-hydrogen) atoms. The lowest BCUT2D eigenvalue weighted by Crippen LogP contribution is -2.09. The summed E-state index contributed by atoms with van der Waals surface area (Å²) in [5.74, 6) is -0.243. The molecule has 10 heteroatoms. The average molecular weight is 367 g/mol. The molecule has 2 heterocycles. The van der Waals surface area contributed by atoms with E-state index in [4.69, 9.17) is 4.74 Å². The van der Waals surface area contributed by atoms with Gasteiger partial charge in [-0.1, -0.05) is 0 Å². The molecule has 0 unspecified atom stereocenters. The first-order valence-corrected chi connectivity index (χ1v) is 7.51. The summed E-state index contributed by atoms with van der Waals surface area (Å²) in [6.45, 7) is 0. The Morgan fingerprint density at radius 1 is 1.15 bits per heavy atom. The maximum absolute atomic E-state index is 14.3. The highest BCUT2D eigenvalue weighted by Gasteiger charge is 2.28. The summed E-state index contributed by atoms with van der Waals surface area (Å²) >= 11 is 0. The Balaban J connectivity index is 2.09. The molecule has 136 valence electrons. The van der Waals surface area contributed by atoms with Crippen LogP contribution in [0.1, 0.15) is 12.2 Å². The summed E-state index contributed by atoms with van der Waals surface area (Å²) in [5.41, 5.74) is 0.440. The van der Waals surface area contributed by atoms with Crippen LogP contribution in [0.3, 0.4) is 0 Å². The van der Waals surface area contributed by atoms with Gasteiger partial charge in [-0.25, -0.2) is 14.1 Å². The fourth-order valence-corrected chi connectivity index (χ4v) is 2.28. The number of benzene rings is 1. The van der Waals surface area contributed by atoms with E-state index in [-0.39, 0.29) is 17.2 Å². The number of rotatable bonds is 5. The zero-order chi connectivity index (χ0) is 18.7. The Morgan fingerprint density at radius 3 is 2.62 bits per heavy atom. The van der Waals surface area contributed by atoms with Crippen LogP contribution in [-0.2, 0) is 6.42 Å². The lowest BCUT2D eigenvalue weighted by Gasteiger charge is -2.07. The van der Waals surface area contributed by atoms with Crippen LogP contribution in [0.4, 0.5) is 17.6 Å². The number of halogens is 4. The van der Waals surface area contributed by atoms with E-state index in [1.54, 1.807) is 0 Å². The van der Waals surface area contributed by atoms with Crippen molar-refractivity contribution >= 4 is 0 Å². The zero-order valence-electron chi connectivity index (χ0n) is 13.5. The summed E-state index contributed by atoms with van der Waals surface area (Å²) in [6, 6.07) is 5.56. The average Bonchev–Trinajstić information content (AvgIpc) is 3.05. The van der Waals surface area contributed by atoms with Gasteiger partial charge in [0.05, 0.1) is 37.2 Å². The van der Waals surface area contributed by atoms with Crippen molar-refractivity contribution < 1.29 is 22.3 Å². The molecule has 0 radical (unpaired) electrons. The van der Waals surface area contributed by atoms with Crippen molar-refractivity contribution in [1.82, 2.24) is 25.0 Å². The van der Waals surface area contributed by atoms with Crippen LogP contribution in [0.5, 0.6) is 5.75 Å². The second-order valence-electron chi connectivity index (χ2n) is 5.33. The highest BCUT2D eigenvalue weighted by atomic mass is 19.4. The second-order valence-corrected chi connectivity index (χ2v) is 5.33. The van der Waals surface area contributed by atoms with Crippen molar-refractivity contribution in [2.45, 2.75) is 19.0 Å². The molecule has 1 aromatic carbocycles. The molecule has 0 aliphatic carbocycles. The summed E-state index contributed by atoms with van der Waals surface area (Å²) in [7, 11) is 1.42. The topological polar surface area (TPSA) is 65.7 Å². The van der Waals surface area contributed by atoms with E-state index >= 15 is 0 Å². The lowest BCUT2D eigenvalue weighted by atomic mass is 10.2. The highest BCUT2D eigenvalue weighted by Crippen LogP contribution is 2.28. The molecular formula is C16H13F4N5O. The molecule has 0 aliphatic rings. The van der Waals surface area contributed by atoms with Crippen molar-refractivity contribution in [2.24, 2.45) is 0 Å². The number of aryl methyl sites for hydroxylation is 1. The molecule has 0 saturated heterocycles. The van der Waals surface area contributed by atoms with Crippen LogP contribution in [0.25, 0.3) is 17.1 Å². The largest absolute Gasteiger partial charge is 0.497 e. The van der Waals surface area contributed by atoms with E-state index in [2.05, 4.69) is 20.3 Å². The molecule has 0 bridgehead atoms. The Hall–Kier alpha value is -3.04. The Bertz CT molecular complexity index is 895. The van der Waals surface area contributed by atoms with Gasteiger partial charge in [0.15, 0.2) is 11.6 Å². The maximum atomic E-state index is 14.3. The van der Waals surface area contributed by atoms with Gasteiger partial charge in [-0.2, -0.15) is 28.5 Å². The van der Waals surface area contributed by atoms with Crippen molar-refractivity contribution in [3.05, 3.63) is 48.3 Å². The molecule has 0 amide bonds. The van der Waals surface area contributed by atoms with E-state index in [9.17, 15) is 17.6 Å². The van der Waals surface area contributed by atoms with Gasteiger partial charge in [0.1, 0.15) is 11.6 Å². The minimum Gasteiger partial charge on any atom is -0.497 e. The smallest absolute Gasteiger partial charge is 0.389 e. The molecule has 0 atom stereocenters. The van der Waals surface area contributed by atoms with E-state index in [0.29, 0.717) is 11.4 Å². The standard InChI is InChI=1S/C16H13F4N5O/c1-26-11-2-3-13(17)12(8-11)15-23-14(4-6-16(18,19)20)24-25(15)10-5-7-21-22-9-10/h2-3,5,7-9H,4,6H2,1H3. The molecule has 3 aromatic rings. The van der Waals surface area contributed by atoms with E-state index in [1.165, 1.54) is 48.5 Å². The molecule has 0 saturated carbocycles. The van der Waals surface area contributed by atoms with Gasteiger partial charge in [-0.05, 0) is 24.3 Å². The van der Waals surface area contributed by atoms with Crippen LogP contribution in [0.15, 0.2) is 36.7 Å². The number of nitrogens with zero attached hydrogens (tertiary/aromatic N) is 5. The minimum absolute atomic E-state index is 0.0478. The summed E-state index contributed by atoms with van der Waals surface area (Å²) in [5, 5.41) is 11.4. The summed E-state index contributed by atoms with van der Waals surface area (Å²) in [6.07, 6.45) is -3.10. The van der Waals surface area contributed by atoms with Crippen LogP contribution < -0.4 is 4.74 Å². The van der Waals surface area contributed by atoms with Crippen molar-refractivity contribution in [3.63, 3.8) is 0 Å². The molecule has 0 spiro atoms. The van der Waals surface area contributed by atoms with Gasteiger partial charge >= 0.3 is 6.18 Å². The minimum atomic E-state index is -4.34. The number of ether oxygens (including phenoxy) is 1. The molecule has 2 aromatic heterocycles. The Morgan fingerprint density at radius 2 is 1.96 bits per heavy atom. The van der Waals surface area contributed by atoms with Crippen LogP contribution in [0.2, 0.25) is 0 Å². The van der Waals surface area contributed by atoms with Gasteiger partial charge in [-0.15, -0.1) is 0 Å². The van der Waals surface area contributed by atoms with Crippen molar-refractivity contribution in [3.8, 4) is 22.8 Å². The van der Waals surface area contributed by atoms with E-state index in [1.807, 2.05) is 0 Å². The zero-order valence-corrected chi connectivity index (χ0v) is 13.5. The van der Waals surface area contributed by atoms with Gasteiger partial charge in [-0.3, -0.25) is 0 Å². The first-order valence-electron chi connectivity index (χ1n) is 7.51. The highest BCUT2D eigenvalue weighted by molar-refractivity contribution is 5.61. The lowest BCUT2D eigenvalue weighted by molar-refractivity contribution is -0.134. The number of alkyl halides is 3. The third-order valence-corrected chi connectivity index (χ3v) is 3.51. The predicted octanol–water partition coefficient (Wildman–Crippen LogP) is 3.37. The number of hydrogen-bond acceptors (Lipinski definition) is 5. The molecular weight excluding hydrogens is 354 g/mol. The fourth-order valence-electron chi connectivity index (χ4n) is 2.28. The molecule has 6 nitrogen and oxygen atoms in total. The van der Waals surface area contributed by atoms with Crippen LogP contribution in [0, 0.1) is 5.82 Å². The SMILES string of the molecule is COc1ccc(F)c(-c2nc(CCC(F)(F)F)nn2-c2ccnnc2)c1. The van der Waals surface area contributed by atoms with E-state index < -0.39 is 24.8 Å². The first kappa shape index (κ1) is 17.8. The van der Waals surface area contributed by atoms with E-state index in [0.717, 1.165) is 0 Å². The van der Waals surface area contributed by atoms with Crippen LogP contribution in [-0.4, -0.2) is 38.2 Å². The quantitative estimate of drug-likeness (QED) is 0.647. The number of methoxy groups -OCH3 is 1. The second kappa shape index (κ2) is 7.06. The third-order valence-electron chi connectivity index (χ3n) is 3.51. The summed E-state index contributed by atoms with van der Waals surface area (Å²) in [4.78, 5) is 4.10. The maximum Gasteiger partial charge on any atom is 0.389 e.